The summed E-state index contributed by atoms with van der Waals surface area (Å²) < 4.78 is 41.2. The predicted molar refractivity (Wildman–Crippen MR) is 150 cm³/mol. The summed E-state index contributed by atoms with van der Waals surface area (Å²) in [6.07, 6.45) is 2.23. The molecule has 1 aromatic carbocycles. The van der Waals surface area contributed by atoms with Crippen molar-refractivity contribution >= 4 is 41.0 Å². The maximum absolute atomic E-state index is 15.9. The number of anilines is 3. The topological polar surface area (TPSA) is 84.9 Å². The van der Waals surface area contributed by atoms with Gasteiger partial charge in [-0.1, -0.05) is 11.6 Å². The normalized spacial score (nSPS) is 11.7. The average Bonchev–Trinajstić information content (AvgIpc) is 2.80. The van der Waals surface area contributed by atoms with E-state index in [1.165, 1.54) is 18.3 Å². The molecule has 0 saturated carbocycles. The summed E-state index contributed by atoms with van der Waals surface area (Å²) in [6, 6.07) is 5.80. The number of hydrogen-bond acceptors (Lipinski definition) is 7. The summed E-state index contributed by atoms with van der Waals surface area (Å²) in [6.45, 7) is 11.5. The van der Waals surface area contributed by atoms with Crippen LogP contribution in [0.4, 0.5) is 35.6 Å². The summed E-state index contributed by atoms with van der Waals surface area (Å²) in [5.74, 6) is -1.96. The lowest BCUT2D eigenvalue weighted by Gasteiger charge is -2.28. The van der Waals surface area contributed by atoms with Gasteiger partial charge in [-0.3, -0.25) is 4.98 Å². The van der Waals surface area contributed by atoms with Crippen molar-refractivity contribution in [2.45, 2.75) is 66.1 Å². The van der Waals surface area contributed by atoms with E-state index in [0.29, 0.717) is 16.2 Å². The second-order valence-electron chi connectivity index (χ2n) is 11.2. The fourth-order valence-electron chi connectivity index (χ4n) is 3.79. The Labute approximate surface area is 237 Å². The number of hydrogen-bond donors (Lipinski definition) is 0. The molecule has 0 N–H and O–H groups in total. The first-order valence-electron chi connectivity index (χ1n) is 12.5. The van der Waals surface area contributed by atoms with Crippen LogP contribution in [0.25, 0.3) is 0 Å². The smallest absolute Gasteiger partial charge is 0.425 e. The number of halogens is 3. The molecule has 8 nitrogen and oxygen atoms in total. The molecule has 214 valence electrons. The van der Waals surface area contributed by atoms with E-state index >= 15 is 4.39 Å². The van der Waals surface area contributed by atoms with Crippen molar-refractivity contribution in [1.82, 2.24) is 9.97 Å². The Morgan fingerprint density at radius 3 is 2.08 bits per heavy atom. The first-order chi connectivity index (χ1) is 18.5. The molecule has 2 amide bonds. The number of aromatic nitrogens is 2. The fraction of sp³-hybridized carbons (Fsp3) is 0.379. The molecule has 0 aliphatic rings. The van der Waals surface area contributed by atoms with Crippen molar-refractivity contribution < 1.29 is 27.8 Å². The van der Waals surface area contributed by atoms with Gasteiger partial charge in [0.2, 0.25) is 0 Å². The Morgan fingerprint density at radius 1 is 0.925 bits per heavy atom. The molecule has 0 saturated heterocycles. The van der Waals surface area contributed by atoms with Crippen molar-refractivity contribution in [2.75, 3.05) is 16.8 Å². The van der Waals surface area contributed by atoms with Crippen LogP contribution in [0.5, 0.6) is 0 Å². The van der Waals surface area contributed by atoms with Gasteiger partial charge in [-0.15, -0.1) is 0 Å². The van der Waals surface area contributed by atoms with Gasteiger partial charge in [0, 0.05) is 30.9 Å². The lowest BCUT2D eigenvalue weighted by atomic mass is 10.0. The van der Waals surface area contributed by atoms with Gasteiger partial charge in [-0.2, -0.15) is 4.90 Å². The maximum Gasteiger partial charge on any atom is 0.425 e. The standard InChI is InChI=1S/C29H33ClF2N4O4/c1-17-19(15-33-16-23(17)35(8)22-10-9-20(30)14-21(22)31)13-18-11-12-34-25(24(18)32)36(26(37)39-28(2,3)4)27(38)40-29(5,6)7/h9-12,14-16H,13H2,1-8H3. The van der Waals surface area contributed by atoms with Crippen LogP contribution in [0.1, 0.15) is 58.2 Å². The fourth-order valence-corrected chi connectivity index (χ4v) is 3.95. The van der Waals surface area contributed by atoms with Gasteiger partial charge in [0.15, 0.2) is 11.6 Å². The Hall–Kier alpha value is -3.79. The van der Waals surface area contributed by atoms with Gasteiger partial charge < -0.3 is 14.4 Å². The molecule has 0 bridgehead atoms. The number of imide groups is 1. The minimum absolute atomic E-state index is 0.0431. The highest BCUT2D eigenvalue weighted by Gasteiger charge is 2.36. The van der Waals surface area contributed by atoms with E-state index in [-0.39, 0.29) is 22.7 Å². The highest BCUT2D eigenvalue weighted by atomic mass is 35.5. The quantitative estimate of drug-likeness (QED) is 0.308. The Morgan fingerprint density at radius 2 is 1.52 bits per heavy atom. The van der Waals surface area contributed by atoms with Crippen LogP contribution in [0.3, 0.4) is 0 Å². The Kier molecular flexibility index (Phi) is 9.04. The third-order valence-electron chi connectivity index (χ3n) is 5.62. The van der Waals surface area contributed by atoms with E-state index in [9.17, 15) is 14.0 Å². The second kappa shape index (κ2) is 11.8. The van der Waals surface area contributed by atoms with Crippen molar-refractivity contribution in [3.63, 3.8) is 0 Å². The molecule has 0 radical (unpaired) electrons. The molecule has 3 aromatic rings. The SMILES string of the molecule is Cc1c(Cc2ccnc(N(C(=O)OC(C)(C)C)C(=O)OC(C)(C)C)c2F)cncc1N(C)c1ccc(Cl)cc1F. The predicted octanol–water partition coefficient (Wildman–Crippen LogP) is 7.75. The molecule has 2 aromatic heterocycles. The number of pyridine rings is 2. The number of carbonyl (C=O) groups is 2. The first-order valence-corrected chi connectivity index (χ1v) is 12.9. The number of carbonyl (C=O) groups excluding carboxylic acids is 2. The number of benzene rings is 1. The molecule has 11 heteroatoms. The average molecular weight is 575 g/mol. The van der Waals surface area contributed by atoms with Gasteiger partial charge in [0.25, 0.3) is 0 Å². The van der Waals surface area contributed by atoms with Gasteiger partial charge >= 0.3 is 12.2 Å². The zero-order valence-corrected chi connectivity index (χ0v) is 24.6. The van der Waals surface area contributed by atoms with Gasteiger partial charge in [-0.05, 0) is 89.4 Å². The minimum Gasteiger partial charge on any atom is -0.443 e. The van der Waals surface area contributed by atoms with E-state index in [0.717, 1.165) is 5.56 Å². The number of nitrogens with zero attached hydrogens (tertiary/aromatic N) is 4. The Bertz CT molecular complexity index is 1390. The van der Waals surface area contributed by atoms with Crippen LogP contribution in [0.15, 0.2) is 42.9 Å². The zero-order chi connectivity index (χ0) is 30.0. The van der Waals surface area contributed by atoms with Gasteiger partial charge in [0.1, 0.15) is 17.0 Å². The van der Waals surface area contributed by atoms with Gasteiger partial charge in [-0.25, -0.2) is 23.4 Å². The highest BCUT2D eigenvalue weighted by molar-refractivity contribution is 6.30. The van der Waals surface area contributed by atoms with E-state index < -0.39 is 40.8 Å². The van der Waals surface area contributed by atoms with Crippen LogP contribution in [-0.4, -0.2) is 40.4 Å². The molecule has 3 rings (SSSR count). The molecular formula is C29H33ClF2N4O4. The first kappa shape index (κ1) is 30.7. The molecule has 0 aliphatic carbocycles. The molecule has 0 spiro atoms. The molecule has 0 aliphatic heterocycles. The van der Waals surface area contributed by atoms with Crippen LogP contribution in [-0.2, 0) is 15.9 Å². The Balaban J connectivity index is 2.01. The molecule has 2 heterocycles. The van der Waals surface area contributed by atoms with Crippen LogP contribution in [0.2, 0.25) is 5.02 Å². The maximum atomic E-state index is 15.9. The van der Waals surface area contributed by atoms with E-state index in [2.05, 4.69) is 9.97 Å². The summed E-state index contributed by atoms with van der Waals surface area (Å²) in [5, 5.41) is 0.272. The lowest BCUT2D eigenvalue weighted by molar-refractivity contribution is 0.0427. The zero-order valence-electron chi connectivity index (χ0n) is 23.8. The summed E-state index contributed by atoms with van der Waals surface area (Å²) in [5.41, 5.74) is 0.446. The minimum atomic E-state index is -1.13. The molecule has 0 fully saturated rings. The number of rotatable bonds is 5. The van der Waals surface area contributed by atoms with Crippen LogP contribution < -0.4 is 9.80 Å². The van der Waals surface area contributed by atoms with Crippen molar-refractivity contribution in [3.05, 3.63) is 76.2 Å². The van der Waals surface area contributed by atoms with Crippen molar-refractivity contribution in [3.8, 4) is 0 Å². The summed E-state index contributed by atoms with van der Waals surface area (Å²) in [7, 11) is 1.69. The van der Waals surface area contributed by atoms with E-state index in [1.54, 1.807) is 78.0 Å². The highest BCUT2D eigenvalue weighted by Crippen LogP contribution is 2.32. The third-order valence-corrected chi connectivity index (χ3v) is 5.86. The lowest BCUT2D eigenvalue weighted by Crippen LogP contribution is -2.44. The van der Waals surface area contributed by atoms with Crippen LogP contribution >= 0.6 is 11.6 Å². The third kappa shape index (κ3) is 7.44. The summed E-state index contributed by atoms with van der Waals surface area (Å²) in [4.78, 5) is 36.3. The van der Waals surface area contributed by atoms with Gasteiger partial charge in [0.05, 0.1) is 17.6 Å². The van der Waals surface area contributed by atoms with E-state index in [4.69, 9.17) is 21.1 Å². The summed E-state index contributed by atoms with van der Waals surface area (Å²) >= 11 is 5.89. The number of ether oxygens (including phenoxy) is 2. The monoisotopic (exact) mass is 574 g/mol. The number of amides is 2. The van der Waals surface area contributed by atoms with Crippen molar-refractivity contribution in [2.24, 2.45) is 0 Å². The van der Waals surface area contributed by atoms with E-state index in [1.807, 2.05) is 6.92 Å². The van der Waals surface area contributed by atoms with Crippen molar-refractivity contribution in [1.29, 1.82) is 0 Å². The molecule has 0 unspecified atom stereocenters. The molecule has 40 heavy (non-hydrogen) atoms. The molecule has 0 atom stereocenters. The largest absolute Gasteiger partial charge is 0.443 e. The second-order valence-corrected chi connectivity index (χ2v) is 11.6. The molecular weight excluding hydrogens is 542 g/mol. The van der Waals surface area contributed by atoms with Crippen LogP contribution in [0, 0.1) is 18.6 Å².